The molecular weight excluding hydrogens is 749 g/mol. The minimum absolute atomic E-state index is 0.0179. The van der Waals surface area contributed by atoms with Crippen molar-refractivity contribution in [1.29, 1.82) is 0 Å². The van der Waals surface area contributed by atoms with Crippen LogP contribution in [0.5, 0.6) is 0 Å². The molecule has 0 atom stereocenters. The zero-order valence-electron chi connectivity index (χ0n) is 35.5. The molecule has 0 aliphatic heterocycles. The molecule has 0 spiro atoms. The SMILES string of the molecule is CC1(C)c2ccccc2-c2cc(-c3ccc(N(c4ccc(-n5c6ccccc6c6ccccc65)cc4)c4ccccc4-c4cccc5c4-c4ccccc4C5(C)C)cc3)ccc21. The molecule has 9 aromatic carbocycles. The van der Waals surface area contributed by atoms with Crippen LogP contribution in [-0.2, 0) is 10.8 Å². The molecule has 2 heteroatoms. The van der Waals surface area contributed by atoms with Crippen molar-refractivity contribution in [2.75, 3.05) is 4.90 Å². The Morgan fingerprint density at radius 3 is 1.53 bits per heavy atom. The molecule has 2 aliphatic rings. The van der Waals surface area contributed by atoms with E-state index < -0.39 is 0 Å². The summed E-state index contributed by atoms with van der Waals surface area (Å²) < 4.78 is 2.39. The summed E-state index contributed by atoms with van der Waals surface area (Å²) in [6.07, 6.45) is 0. The molecule has 0 radical (unpaired) electrons. The van der Waals surface area contributed by atoms with Gasteiger partial charge in [-0.1, -0.05) is 173 Å². The van der Waals surface area contributed by atoms with E-state index in [9.17, 15) is 0 Å². The summed E-state index contributed by atoms with van der Waals surface area (Å²) in [7, 11) is 0. The highest BCUT2D eigenvalue weighted by Crippen LogP contribution is 2.54. The highest BCUT2D eigenvalue weighted by molar-refractivity contribution is 6.09. The number of hydrogen-bond acceptors (Lipinski definition) is 1. The van der Waals surface area contributed by atoms with Gasteiger partial charge in [0, 0.05) is 44.2 Å². The Labute approximate surface area is 364 Å². The standard InChI is InChI=1S/C60H46N2/c1-59(2)51-22-10-5-16-44(51)50-38-40(30-37-53(50)59)39-28-31-41(32-29-39)61(42-33-35-43(36-34-42)62-56-26-13-7-17-45(56)46-18-8-14-27-57(46)62)55-25-12-9-19-47(55)48-21-15-24-54-58(48)49-20-6-11-23-52(49)60(54,3)4/h5-38H,1-4H3. The quantitative estimate of drug-likeness (QED) is 0.163. The van der Waals surface area contributed by atoms with Gasteiger partial charge in [0.1, 0.15) is 0 Å². The first-order valence-electron chi connectivity index (χ1n) is 21.9. The first-order chi connectivity index (χ1) is 30.3. The van der Waals surface area contributed by atoms with E-state index in [2.05, 4.69) is 243 Å². The molecule has 0 N–H and O–H groups in total. The van der Waals surface area contributed by atoms with Gasteiger partial charge in [-0.15, -0.1) is 0 Å². The van der Waals surface area contributed by atoms with Crippen molar-refractivity contribution in [2.24, 2.45) is 0 Å². The summed E-state index contributed by atoms with van der Waals surface area (Å²) in [6, 6.07) is 76.5. The molecule has 1 heterocycles. The fourth-order valence-corrected chi connectivity index (χ4v) is 11.0. The molecule has 12 rings (SSSR count). The largest absolute Gasteiger partial charge is 0.310 e. The van der Waals surface area contributed by atoms with Crippen molar-refractivity contribution in [3.05, 3.63) is 229 Å². The Morgan fingerprint density at radius 1 is 0.355 bits per heavy atom. The molecule has 0 unspecified atom stereocenters. The predicted molar refractivity (Wildman–Crippen MR) is 261 cm³/mol. The summed E-state index contributed by atoms with van der Waals surface area (Å²) in [5.74, 6) is 0. The van der Waals surface area contributed by atoms with Crippen molar-refractivity contribution in [2.45, 2.75) is 38.5 Å². The highest BCUT2D eigenvalue weighted by atomic mass is 15.1. The number of para-hydroxylation sites is 3. The van der Waals surface area contributed by atoms with E-state index in [1.807, 2.05) is 0 Å². The van der Waals surface area contributed by atoms with Gasteiger partial charge in [-0.3, -0.25) is 0 Å². The van der Waals surface area contributed by atoms with Crippen LogP contribution < -0.4 is 4.90 Å². The zero-order valence-corrected chi connectivity index (χ0v) is 35.5. The molecule has 0 saturated heterocycles. The van der Waals surface area contributed by atoms with Gasteiger partial charge in [0.15, 0.2) is 0 Å². The van der Waals surface area contributed by atoms with Gasteiger partial charge in [0.25, 0.3) is 0 Å². The van der Waals surface area contributed by atoms with Crippen LogP contribution in [0.3, 0.4) is 0 Å². The third kappa shape index (κ3) is 5.29. The maximum atomic E-state index is 2.45. The first kappa shape index (κ1) is 36.4. The second kappa shape index (κ2) is 13.5. The van der Waals surface area contributed by atoms with Crippen LogP contribution in [0.15, 0.2) is 206 Å². The third-order valence-electron chi connectivity index (χ3n) is 14.0. The fraction of sp³-hybridized carbons (Fsp3) is 0.100. The van der Waals surface area contributed by atoms with E-state index in [0.717, 1.165) is 22.7 Å². The Kier molecular flexibility index (Phi) is 7.96. The number of rotatable bonds is 6. The molecule has 296 valence electrons. The van der Waals surface area contributed by atoms with Crippen molar-refractivity contribution >= 4 is 38.9 Å². The Balaban J connectivity index is 1.01. The molecule has 0 saturated carbocycles. The van der Waals surface area contributed by atoms with E-state index in [-0.39, 0.29) is 10.8 Å². The van der Waals surface area contributed by atoms with Gasteiger partial charge in [-0.25, -0.2) is 0 Å². The van der Waals surface area contributed by atoms with Gasteiger partial charge < -0.3 is 9.47 Å². The third-order valence-corrected chi connectivity index (χ3v) is 14.0. The molecule has 0 bridgehead atoms. The lowest BCUT2D eigenvalue weighted by Crippen LogP contribution is -2.15. The van der Waals surface area contributed by atoms with Crippen molar-refractivity contribution in [3.8, 4) is 50.2 Å². The molecule has 2 nitrogen and oxygen atoms in total. The minimum atomic E-state index is -0.0928. The van der Waals surface area contributed by atoms with Gasteiger partial charge in [0.05, 0.1) is 16.7 Å². The Bertz CT molecular complexity index is 3340. The number of hydrogen-bond donors (Lipinski definition) is 0. The fourth-order valence-electron chi connectivity index (χ4n) is 11.0. The lowest BCUT2D eigenvalue weighted by molar-refractivity contribution is 0.660. The van der Waals surface area contributed by atoms with Crippen LogP contribution in [0.1, 0.15) is 49.9 Å². The summed E-state index contributed by atoms with van der Waals surface area (Å²) in [5, 5.41) is 2.53. The molecule has 2 aliphatic carbocycles. The number of benzene rings is 9. The minimum Gasteiger partial charge on any atom is -0.310 e. The number of anilines is 3. The van der Waals surface area contributed by atoms with Crippen LogP contribution in [0.25, 0.3) is 72.0 Å². The lowest BCUT2D eigenvalue weighted by atomic mass is 9.82. The molecule has 0 amide bonds. The van der Waals surface area contributed by atoms with Crippen LogP contribution in [-0.4, -0.2) is 4.57 Å². The predicted octanol–water partition coefficient (Wildman–Crippen LogP) is 16.2. The van der Waals surface area contributed by atoms with Crippen molar-refractivity contribution < 1.29 is 0 Å². The molecule has 0 fully saturated rings. The molecule has 1 aromatic heterocycles. The number of fused-ring (bicyclic) bond motifs is 9. The summed E-state index contributed by atoms with van der Waals surface area (Å²) in [4.78, 5) is 2.45. The van der Waals surface area contributed by atoms with E-state index in [1.165, 1.54) is 88.6 Å². The van der Waals surface area contributed by atoms with Crippen LogP contribution in [0, 0.1) is 0 Å². The van der Waals surface area contributed by atoms with Gasteiger partial charge in [0.2, 0.25) is 0 Å². The summed E-state index contributed by atoms with van der Waals surface area (Å²) in [6.45, 7) is 9.41. The number of aromatic nitrogens is 1. The van der Waals surface area contributed by atoms with E-state index in [0.29, 0.717) is 0 Å². The maximum absolute atomic E-state index is 2.45. The zero-order chi connectivity index (χ0) is 41.7. The highest BCUT2D eigenvalue weighted by Gasteiger charge is 2.37. The first-order valence-corrected chi connectivity index (χ1v) is 21.9. The normalized spacial score (nSPS) is 14.1. The van der Waals surface area contributed by atoms with Crippen molar-refractivity contribution in [1.82, 2.24) is 4.57 Å². The van der Waals surface area contributed by atoms with E-state index >= 15 is 0 Å². The summed E-state index contributed by atoms with van der Waals surface area (Å²) in [5.41, 5.74) is 22.5. The summed E-state index contributed by atoms with van der Waals surface area (Å²) >= 11 is 0. The topological polar surface area (TPSA) is 8.17 Å². The van der Waals surface area contributed by atoms with E-state index in [1.54, 1.807) is 0 Å². The van der Waals surface area contributed by atoms with Gasteiger partial charge >= 0.3 is 0 Å². The smallest absolute Gasteiger partial charge is 0.0541 e. The van der Waals surface area contributed by atoms with Gasteiger partial charge in [-0.05, 0) is 122 Å². The van der Waals surface area contributed by atoms with E-state index in [4.69, 9.17) is 0 Å². The van der Waals surface area contributed by atoms with Crippen LogP contribution in [0.2, 0.25) is 0 Å². The average molecular weight is 795 g/mol. The van der Waals surface area contributed by atoms with Crippen LogP contribution in [0.4, 0.5) is 17.1 Å². The molecule has 62 heavy (non-hydrogen) atoms. The maximum Gasteiger partial charge on any atom is 0.0541 e. The van der Waals surface area contributed by atoms with Crippen molar-refractivity contribution in [3.63, 3.8) is 0 Å². The second-order valence-electron chi connectivity index (χ2n) is 18.1. The Morgan fingerprint density at radius 2 is 0.839 bits per heavy atom. The number of nitrogens with zero attached hydrogens (tertiary/aromatic N) is 2. The lowest BCUT2D eigenvalue weighted by Gasteiger charge is -2.29. The van der Waals surface area contributed by atoms with Gasteiger partial charge in [-0.2, -0.15) is 0 Å². The molecular formula is C60H46N2. The molecule has 10 aromatic rings. The van der Waals surface area contributed by atoms with Crippen LogP contribution >= 0.6 is 0 Å². The average Bonchev–Trinajstić information content (AvgIpc) is 3.87. The second-order valence-corrected chi connectivity index (χ2v) is 18.1. The monoisotopic (exact) mass is 794 g/mol. The Hall–Kier alpha value is -7.42.